The summed E-state index contributed by atoms with van der Waals surface area (Å²) in [5.74, 6) is 6.04. The molecule has 2 rings (SSSR count). The van der Waals surface area contributed by atoms with E-state index < -0.39 is 0 Å². The minimum absolute atomic E-state index is 0.0820. The lowest BCUT2D eigenvalue weighted by molar-refractivity contribution is -0.124. The van der Waals surface area contributed by atoms with Crippen molar-refractivity contribution in [2.45, 2.75) is 46.0 Å². The number of aliphatic hydroxyl groups is 1. The zero-order valence-electron chi connectivity index (χ0n) is 12.8. The number of carbonyl (C=O) groups is 1. The molecule has 1 fully saturated rings. The van der Waals surface area contributed by atoms with Gasteiger partial charge in [-0.3, -0.25) is 4.79 Å². The Morgan fingerprint density at radius 3 is 2.71 bits per heavy atom. The molecular weight excluding hydrogens is 262 g/mol. The van der Waals surface area contributed by atoms with E-state index in [1.165, 1.54) is 0 Å². The molecule has 0 bridgehead atoms. The monoisotopic (exact) mass is 285 g/mol. The van der Waals surface area contributed by atoms with Gasteiger partial charge in [-0.2, -0.15) is 0 Å². The molecule has 0 aliphatic heterocycles. The molecule has 0 atom stereocenters. The third-order valence-electron chi connectivity index (χ3n) is 4.20. The third kappa shape index (κ3) is 3.86. The van der Waals surface area contributed by atoms with Gasteiger partial charge in [0.15, 0.2) is 0 Å². The molecule has 2 N–H and O–H groups in total. The van der Waals surface area contributed by atoms with Crippen LogP contribution < -0.4 is 5.32 Å². The topological polar surface area (TPSA) is 49.3 Å². The highest BCUT2D eigenvalue weighted by Crippen LogP contribution is 2.38. The predicted octanol–water partition coefficient (Wildman–Crippen LogP) is 3.25. The van der Waals surface area contributed by atoms with E-state index in [2.05, 4.69) is 24.1 Å². The summed E-state index contributed by atoms with van der Waals surface area (Å²) in [5.41, 5.74) is 2.57. The normalized spacial score (nSPS) is 16.1. The summed E-state index contributed by atoms with van der Waals surface area (Å²) in [5, 5.41) is 11.8. The summed E-state index contributed by atoms with van der Waals surface area (Å²) in [6.07, 6.45) is 4.71. The van der Waals surface area contributed by atoms with Gasteiger partial charge in [-0.25, -0.2) is 0 Å². The lowest BCUT2D eigenvalue weighted by Crippen LogP contribution is -2.31. The zero-order chi connectivity index (χ0) is 15.3. The SMILES string of the molecule is Cc1cc(C#CCCO)ccc1NC(=O)C1(C)CCCC1. The molecule has 3 nitrogen and oxygen atoms in total. The molecule has 0 spiro atoms. The summed E-state index contributed by atoms with van der Waals surface area (Å²) >= 11 is 0. The largest absolute Gasteiger partial charge is 0.395 e. The molecule has 0 heterocycles. The zero-order valence-corrected chi connectivity index (χ0v) is 12.8. The van der Waals surface area contributed by atoms with Crippen LogP contribution in [0.4, 0.5) is 5.69 Å². The lowest BCUT2D eigenvalue weighted by atomic mass is 9.87. The second kappa shape index (κ2) is 6.78. The van der Waals surface area contributed by atoms with Crippen molar-refractivity contribution in [2.75, 3.05) is 11.9 Å². The van der Waals surface area contributed by atoms with Crippen LogP contribution in [0.2, 0.25) is 0 Å². The van der Waals surface area contributed by atoms with Crippen LogP contribution in [0.1, 0.15) is 50.2 Å². The summed E-state index contributed by atoms with van der Waals surface area (Å²) in [4.78, 5) is 12.4. The van der Waals surface area contributed by atoms with Gasteiger partial charge in [0.25, 0.3) is 0 Å². The Hall–Kier alpha value is -1.79. The second-order valence-electron chi connectivity index (χ2n) is 6.03. The summed E-state index contributed by atoms with van der Waals surface area (Å²) < 4.78 is 0. The fourth-order valence-electron chi connectivity index (χ4n) is 2.76. The van der Waals surface area contributed by atoms with E-state index in [1.54, 1.807) is 0 Å². The number of aliphatic hydroxyl groups excluding tert-OH is 1. The maximum absolute atomic E-state index is 12.4. The first kappa shape index (κ1) is 15.6. The average molecular weight is 285 g/mol. The Morgan fingerprint density at radius 1 is 1.38 bits per heavy atom. The van der Waals surface area contributed by atoms with E-state index in [1.807, 2.05) is 25.1 Å². The number of nitrogens with one attached hydrogen (secondary N) is 1. The van der Waals surface area contributed by atoms with E-state index in [0.717, 1.165) is 42.5 Å². The maximum atomic E-state index is 12.4. The number of aryl methyl sites for hydroxylation is 1. The van der Waals surface area contributed by atoms with Crippen LogP contribution in [-0.2, 0) is 4.79 Å². The van der Waals surface area contributed by atoms with Gasteiger partial charge >= 0.3 is 0 Å². The Kier molecular flexibility index (Phi) is 5.03. The molecule has 1 aromatic carbocycles. The van der Waals surface area contributed by atoms with Crippen molar-refractivity contribution in [3.05, 3.63) is 29.3 Å². The molecule has 112 valence electrons. The van der Waals surface area contributed by atoms with E-state index >= 15 is 0 Å². The fourth-order valence-corrected chi connectivity index (χ4v) is 2.76. The minimum atomic E-state index is -0.216. The Labute approximate surface area is 126 Å². The van der Waals surface area contributed by atoms with Crippen LogP contribution >= 0.6 is 0 Å². The smallest absolute Gasteiger partial charge is 0.230 e. The first-order valence-electron chi connectivity index (χ1n) is 7.57. The van der Waals surface area contributed by atoms with Gasteiger partial charge in [0, 0.05) is 23.1 Å². The Morgan fingerprint density at radius 2 is 2.10 bits per heavy atom. The second-order valence-corrected chi connectivity index (χ2v) is 6.03. The molecular formula is C18H23NO2. The molecule has 1 aliphatic carbocycles. The van der Waals surface area contributed by atoms with E-state index in [4.69, 9.17) is 5.11 Å². The fraction of sp³-hybridized carbons (Fsp3) is 0.500. The van der Waals surface area contributed by atoms with Crippen LogP contribution in [0.5, 0.6) is 0 Å². The molecule has 1 aliphatic rings. The Balaban J connectivity index is 2.08. The standard InChI is InChI=1S/C18H23NO2/c1-14-13-15(7-3-6-12-20)8-9-16(14)19-17(21)18(2)10-4-5-11-18/h8-9,13,20H,4-6,10-12H2,1-2H3,(H,19,21). The molecule has 0 aromatic heterocycles. The van der Waals surface area contributed by atoms with E-state index in [9.17, 15) is 4.79 Å². The van der Waals surface area contributed by atoms with Crippen molar-refractivity contribution in [3.8, 4) is 11.8 Å². The highest BCUT2D eigenvalue weighted by molar-refractivity contribution is 5.95. The molecule has 1 saturated carbocycles. The summed E-state index contributed by atoms with van der Waals surface area (Å²) in [6, 6.07) is 5.79. The Bertz CT molecular complexity index is 575. The molecule has 0 radical (unpaired) electrons. The van der Waals surface area contributed by atoms with Crippen LogP contribution in [0, 0.1) is 24.2 Å². The third-order valence-corrected chi connectivity index (χ3v) is 4.20. The number of benzene rings is 1. The number of rotatable bonds is 3. The molecule has 1 amide bonds. The lowest BCUT2D eigenvalue weighted by Gasteiger charge is -2.22. The van der Waals surface area contributed by atoms with Crippen molar-refractivity contribution >= 4 is 11.6 Å². The van der Waals surface area contributed by atoms with Gasteiger partial charge < -0.3 is 10.4 Å². The van der Waals surface area contributed by atoms with Gasteiger partial charge in [-0.05, 0) is 43.5 Å². The predicted molar refractivity (Wildman–Crippen MR) is 85.0 cm³/mol. The summed E-state index contributed by atoms with van der Waals surface area (Å²) in [6.45, 7) is 4.11. The highest BCUT2D eigenvalue weighted by Gasteiger charge is 2.36. The summed E-state index contributed by atoms with van der Waals surface area (Å²) in [7, 11) is 0. The van der Waals surface area contributed by atoms with Crippen LogP contribution in [-0.4, -0.2) is 17.6 Å². The van der Waals surface area contributed by atoms with E-state index in [-0.39, 0.29) is 17.9 Å². The van der Waals surface area contributed by atoms with Gasteiger partial charge in [-0.1, -0.05) is 31.6 Å². The van der Waals surface area contributed by atoms with Crippen LogP contribution in [0.25, 0.3) is 0 Å². The molecule has 21 heavy (non-hydrogen) atoms. The minimum Gasteiger partial charge on any atom is -0.395 e. The molecule has 3 heteroatoms. The van der Waals surface area contributed by atoms with Crippen LogP contribution in [0.3, 0.4) is 0 Å². The molecule has 0 unspecified atom stereocenters. The number of carbonyl (C=O) groups excluding carboxylic acids is 1. The van der Waals surface area contributed by atoms with Crippen molar-refractivity contribution in [3.63, 3.8) is 0 Å². The number of amides is 1. The molecule has 1 aromatic rings. The van der Waals surface area contributed by atoms with E-state index in [0.29, 0.717) is 6.42 Å². The quantitative estimate of drug-likeness (QED) is 0.838. The highest BCUT2D eigenvalue weighted by atomic mass is 16.2. The van der Waals surface area contributed by atoms with Gasteiger partial charge in [-0.15, -0.1) is 0 Å². The van der Waals surface area contributed by atoms with Gasteiger partial charge in [0.2, 0.25) is 5.91 Å². The first-order chi connectivity index (χ1) is 10.0. The number of anilines is 1. The first-order valence-corrected chi connectivity index (χ1v) is 7.57. The average Bonchev–Trinajstić information content (AvgIpc) is 2.90. The van der Waals surface area contributed by atoms with Crippen molar-refractivity contribution in [1.82, 2.24) is 0 Å². The number of hydrogen-bond acceptors (Lipinski definition) is 2. The van der Waals surface area contributed by atoms with Crippen LogP contribution in [0.15, 0.2) is 18.2 Å². The van der Waals surface area contributed by atoms with Gasteiger partial charge in [0.1, 0.15) is 0 Å². The van der Waals surface area contributed by atoms with Gasteiger partial charge in [0.05, 0.1) is 6.61 Å². The molecule has 0 saturated heterocycles. The van der Waals surface area contributed by atoms with Crippen molar-refractivity contribution < 1.29 is 9.90 Å². The van der Waals surface area contributed by atoms with Crippen molar-refractivity contribution in [1.29, 1.82) is 0 Å². The number of hydrogen-bond donors (Lipinski definition) is 2. The van der Waals surface area contributed by atoms with Crippen molar-refractivity contribution in [2.24, 2.45) is 5.41 Å². The maximum Gasteiger partial charge on any atom is 0.230 e.